The molecule has 0 N–H and O–H groups in total. The van der Waals surface area contributed by atoms with E-state index in [4.69, 9.17) is 6.42 Å². The first kappa shape index (κ1) is 5.90. The first-order valence-electron chi connectivity index (χ1n) is 2.74. The average Bonchev–Trinajstić information content (AvgIpc) is 2.18. The Bertz CT molecular complexity index is 229. The van der Waals surface area contributed by atoms with Gasteiger partial charge in [-0.15, -0.1) is 6.42 Å². The van der Waals surface area contributed by atoms with Gasteiger partial charge in [0.05, 0.1) is 6.42 Å². The minimum atomic E-state index is 0.615. The van der Waals surface area contributed by atoms with Crippen LogP contribution in [0.2, 0.25) is 0 Å². The molecule has 0 aliphatic carbocycles. The second kappa shape index (κ2) is 2.36. The summed E-state index contributed by atoms with van der Waals surface area (Å²) in [4.78, 5) is 4.03. The quantitative estimate of drug-likeness (QED) is 0.496. The molecule has 46 valence electrons. The van der Waals surface area contributed by atoms with Crippen molar-refractivity contribution in [1.29, 1.82) is 0 Å². The molecule has 0 aliphatic rings. The minimum Gasteiger partial charge on any atom is -0.337 e. The molecule has 0 radical (unpaired) electrons. The van der Waals surface area contributed by atoms with Crippen LogP contribution in [-0.2, 0) is 13.5 Å². The number of hydrogen-bond acceptors (Lipinski definition) is 1. The third-order valence-electron chi connectivity index (χ3n) is 1.18. The van der Waals surface area contributed by atoms with Crippen molar-refractivity contribution in [2.45, 2.75) is 6.42 Å². The van der Waals surface area contributed by atoms with Crippen molar-refractivity contribution in [3.05, 3.63) is 18.2 Å². The van der Waals surface area contributed by atoms with Gasteiger partial charge in [0.2, 0.25) is 0 Å². The molecule has 1 rings (SSSR count). The number of aryl methyl sites for hydroxylation is 1. The SMILES string of the molecule is C#CCc1nccn1C. The number of rotatable bonds is 1. The highest BCUT2D eigenvalue weighted by atomic mass is 15.0. The highest BCUT2D eigenvalue weighted by molar-refractivity contribution is 5.01. The van der Waals surface area contributed by atoms with Gasteiger partial charge in [0.1, 0.15) is 5.82 Å². The summed E-state index contributed by atoms with van der Waals surface area (Å²) >= 11 is 0. The van der Waals surface area contributed by atoms with Gasteiger partial charge in [0.15, 0.2) is 0 Å². The Morgan fingerprint density at radius 2 is 2.67 bits per heavy atom. The predicted octanol–water partition coefficient (Wildman–Crippen LogP) is 0.596. The normalized spacial score (nSPS) is 8.89. The molecule has 0 saturated carbocycles. The van der Waals surface area contributed by atoms with Crippen molar-refractivity contribution in [1.82, 2.24) is 9.55 Å². The van der Waals surface area contributed by atoms with Crippen LogP contribution >= 0.6 is 0 Å². The molecule has 0 spiro atoms. The lowest BCUT2D eigenvalue weighted by molar-refractivity contribution is 0.836. The maximum Gasteiger partial charge on any atom is 0.120 e. The molecule has 0 saturated heterocycles. The Hall–Kier alpha value is -1.23. The van der Waals surface area contributed by atoms with Crippen LogP contribution in [0.1, 0.15) is 5.82 Å². The summed E-state index contributed by atoms with van der Waals surface area (Å²) < 4.78 is 1.92. The van der Waals surface area contributed by atoms with Gasteiger partial charge in [-0.2, -0.15) is 0 Å². The van der Waals surface area contributed by atoms with Crippen LogP contribution in [0, 0.1) is 12.3 Å². The molecule has 1 aromatic rings. The van der Waals surface area contributed by atoms with Crippen LogP contribution in [0.15, 0.2) is 12.4 Å². The van der Waals surface area contributed by atoms with Gasteiger partial charge in [0, 0.05) is 19.4 Å². The highest BCUT2D eigenvalue weighted by Crippen LogP contribution is 1.92. The molecule has 1 heterocycles. The Kier molecular flexibility index (Phi) is 1.55. The van der Waals surface area contributed by atoms with E-state index in [-0.39, 0.29) is 0 Å². The Morgan fingerprint density at radius 3 is 3.11 bits per heavy atom. The van der Waals surface area contributed by atoms with Crippen molar-refractivity contribution < 1.29 is 0 Å². The summed E-state index contributed by atoms with van der Waals surface area (Å²) in [5.41, 5.74) is 0. The van der Waals surface area contributed by atoms with Crippen LogP contribution in [0.4, 0.5) is 0 Å². The summed E-state index contributed by atoms with van der Waals surface area (Å²) in [6, 6.07) is 0. The third kappa shape index (κ3) is 1.11. The fourth-order valence-electron chi connectivity index (χ4n) is 0.658. The molecule has 0 fully saturated rings. The molecule has 2 nitrogen and oxygen atoms in total. The second-order valence-electron chi connectivity index (χ2n) is 1.84. The number of aromatic nitrogens is 2. The summed E-state index contributed by atoms with van der Waals surface area (Å²) in [5, 5.41) is 0. The number of hydrogen-bond donors (Lipinski definition) is 0. The van der Waals surface area contributed by atoms with Crippen molar-refractivity contribution in [3.63, 3.8) is 0 Å². The molecular formula is C7H8N2. The number of terminal acetylenes is 1. The molecule has 1 aromatic heterocycles. The van der Waals surface area contributed by atoms with Crippen LogP contribution < -0.4 is 0 Å². The van der Waals surface area contributed by atoms with E-state index in [1.807, 2.05) is 17.8 Å². The monoisotopic (exact) mass is 120 g/mol. The average molecular weight is 120 g/mol. The van der Waals surface area contributed by atoms with Crippen LogP contribution in [0.5, 0.6) is 0 Å². The van der Waals surface area contributed by atoms with E-state index in [0.29, 0.717) is 6.42 Å². The van der Waals surface area contributed by atoms with Gasteiger partial charge in [-0.1, -0.05) is 5.92 Å². The van der Waals surface area contributed by atoms with Crippen LogP contribution in [-0.4, -0.2) is 9.55 Å². The molecule has 0 aliphatic heterocycles. The maximum atomic E-state index is 5.09. The van der Waals surface area contributed by atoms with E-state index >= 15 is 0 Å². The molecule has 0 amide bonds. The fourth-order valence-corrected chi connectivity index (χ4v) is 0.658. The topological polar surface area (TPSA) is 17.8 Å². The Labute approximate surface area is 54.5 Å². The molecule has 0 unspecified atom stereocenters. The number of nitrogens with zero attached hydrogens (tertiary/aromatic N) is 2. The summed E-state index contributed by atoms with van der Waals surface area (Å²) in [6.45, 7) is 0. The maximum absolute atomic E-state index is 5.09. The zero-order valence-corrected chi connectivity index (χ0v) is 5.33. The Morgan fingerprint density at radius 1 is 1.89 bits per heavy atom. The minimum absolute atomic E-state index is 0.615. The summed E-state index contributed by atoms with van der Waals surface area (Å²) in [5.74, 6) is 3.47. The highest BCUT2D eigenvalue weighted by Gasteiger charge is 1.92. The largest absolute Gasteiger partial charge is 0.337 e. The van der Waals surface area contributed by atoms with E-state index in [9.17, 15) is 0 Å². The second-order valence-corrected chi connectivity index (χ2v) is 1.84. The molecule has 0 atom stereocenters. The molecule has 9 heavy (non-hydrogen) atoms. The smallest absolute Gasteiger partial charge is 0.120 e. The van der Waals surface area contributed by atoms with Gasteiger partial charge in [-0.3, -0.25) is 0 Å². The standard InChI is InChI=1S/C7H8N2/c1-3-4-7-8-5-6-9(7)2/h1,5-6H,4H2,2H3. The first-order chi connectivity index (χ1) is 4.34. The van der Waals surface area contributed by atoms with Crippen LogP contribution in [0.25, 0.3) is 0 Å². The van der Waals surface area contributed by atoms with Crippen molar-refractivity contribution in [2.75, 3.05) is 0 Å². The van der Waals surface area contributed by atoms with E-state index in [2.05, 4.69) is 10.9 Å². The van der Waals surface area contributed by atoms with Gasteiger partial charge in [-0.25, -0.2) is 4.98 Å². The fraction of sp³-hybridized carbons (Fsp3) is 0.286. The van der Waals surface area contributed by atoms with Crippen molar-refractivity contribution >= 4 is 0 Å². The van der Waals surface area contributed by atoms with Gasteiger partial charge >= 0.3 is 0 Å². The van der Waals surface area contributed by atoms with E-state index < -0.39 is 0 Å². The van der Waals surface area contributed by atoms with Crippen molar-refractivity contribution in [3.8, 4) is 12.3 Å². The zero-order chi connectivity index (χ0) is 6.69. The number of imidazole rings is 1. The molecular weight excluding hydrogens is 112 g/mol. The molecule has 0 aromatic carbocycles. The summed E-state index contributed by atoms with van der Waals surface area (Å²) in [6.07, 6.45) is 9.32. The van der Waals surface area contributed by atoms with E-state index in [0.717, 1.165) is 5.82 Å². The first-order valence-corrected chi connectivity index (χ1v) is 2.74. The van der Waals surface area contributed by atoms with Gasteiger partial charge in [-0.05, 0) is 0 Å². The lowest BCUT2D eigenvalue weighted by atomic mass is 10.4. The zero-order valence-electron chi connectivity index (χ0n) is 5.33. The Balaban J connectivity index is 2.84. The lowest BCUT2D eigenvalue weighted by Gasteiger charge is -1.92. The van der Waals surface area contributed by atoms with E-state index in [1.54, 1.807) is 6.20 Å². The van der Waals surface area contributed by atoms with E-state index in [1.165, 1.54) is 0 Å². The third-order valence-corrected chi connectivity index (χ3v) is 1.18. The lowest BCUT2D eigenvalue weighted by Crippen LogP contribution is -1.94. The predicted molar refractivity (Wildman–Crippen MR) is 35.7 cm³/mol. The molecule has 0 bridgehead atoms. The van der Waals surface area contributed by atoms with Crippen LogP contribution in [0.3, 0.4) is 0 Å². The van der Waals surface area contributed by atoms with Crippen molar-refractivity contribution in [2.24, 2.45) is 7.05 Å². The van der Waals surface area contributed by atoms with Gasteiger partial charge < -0.3 is 4.57 Å². The summed E-state index contributed by atoms with van der Waals surface area (Å²) in [7, 11) is 1.93. The molecule has 2 heteroatoms. The van der Waals surface area contributed by atoms with Gasteiger partial charge in [0.25, 0.3) is 0 Å².